The van der Waals surface area contributed by atoms with Crippen molar-refractivity contribution in [3.63, 3.8) is 0 Å². The lowest BCUT2D eigenvalue weighted by Gasteiger charge is -2.42. The number of benzene rings is 1. The first-order chi connectivity index (χ1) is 15.0. The zero-order valence-electron chi connectivity index (χ0n) is 17.0. The van der Waals surface area contributed by atoms with Crippen molar-refractivity contribution in [1.82, 2.24) is 16.0 Å². The lowest BCUT2D eigenvalue weighted by Crippen LogP contribution is -2.65. The minimum Gasteiger partial charge on any atom is -0.508 e. The van der Waals surface area contributed by atoms with Crippen LogP contribution in [0, 0.1) is 0 Å². The number of hydrogen-bond acceptors (Lipinski definition) is 10. The Morgan fingerprint density at radius 3 is 2.38 bits per heavy atom. The molecule has 1 heterocycles. The van der Waals surface area contributed by atoms with Crippen LogP contribution >= 0.6 is 0 Å². The molecule has 1 aliphatic heterocycles. The smallest absolute Gasteiger partial charge is 0.322 e. The summed E-state index contributed by atoms with van der Waals surface area (Å²) >= 11 is 0. The van der Waals surface area contributed by atoms with Crippen LogP contribution in [0.3, 0.4) is 0 Å². The fourth-order valence-electron chi connectivity index (χ4n) is 2.97. The van der Waals surface area contributed by atoms with Crippen molar-refractivity contribution in [3.8, 4) is 5.75 Å². The Kier molecular flexibility index (Phi) is 8.89. The fourth-order valence-corrected chi connectivity index (χ4v) is 2.97. The highest BCUT2D eigenvalue weighted by atomic mass is 16.6. The van der Waals surface area contributed by atoms with E-state index in [1.165, 1.54) is 12.1 Å². The molecule has 1 aromatic rings. The van der Waals surface area contributed by atoms with Gasteiger partial charge in [0.25, 0.3) is 0 Å². The molecule has 178 valence electrons. The van der Waals surface area contributed by atoms with Crippen molar-refractivity contribution in [3.05, 3.63) is 29.8 Å². The van der Waals surface area contributed by atoms with E-state index >= 15 is 0 Å². The summed E-state index contributed by atoms with van der Waals surface area (Å²) in [4.78, 5) is 34.8. The number of amides is 2. The number of carboxylic acid groups (broad SMARTS) is 1. The average Bonchev–Trinajstić information content (AvgIpc) is 2.76. The van der Waals surface area contributed by atoms with Crippen LogP contribution in [0.2, 0.25) is 0 Å². The van der Waals surface area contributed by atoms with Crippen LogP contribution in [-0.2, 0) is 25.5 Å². The minimum atomic E-state index is -2.30. The Labute approximate surface area is 182 Å². The first kappa shape index (κ1) is 25.5. The van der Waals surface area contributed by atoms with Crippen LogP contribution in [-0.4, -0.2) is 105 Å². The number of aliphatic hydroxyl groups excluding tert-OH is 3. The van der Waals surface area contributed by atoms with Crippen molar-refractivity contribution < 1.29 is 49.8 Å². The number of rotatable bonds is 10. The summed E-state index contributed by atoms with van der Waals surface area (Å²) in [5.41, 5.74) is 0.610. The van der Waals surface area contributed by atoms with Gasteiger partial charge in [-0.2, -0.15) is 0 Å². The molecule has 0 aliphatic carbocycles. The molecule has 13 nitrogen and oxygen atoms in total. The molecule has 2 rings (SSSR count). The van der Waals surface area contributed by atoms with Gasteiger partial charge in [-0.3, -0.25) is 14.4 Å². The highest BCUT2D eigenvalue weighted by Crippen LogP contribution is 2.23. The zero-order chi connectivity index (χ0) is 23.9. The van der Waals surface area contributed by atoms with E-state index in [0.29, 0.717) is 5.56 Å². The van der Waals surface area contributed by atoms with Gasteiger partial charge in [0, 0.05) is 0 Å². The number of aliphatic hydroxyl groups is 4. The summed E-state index contributed by atoms with van der Waals surface area (Å²) in [7, 11) is 0. The van der Waals surface area contributed by atoms with Gasteiger partial charge in [-0.25, -0.2) is 0 Å². The quantitative estimate of drug-likeness (QED) is 0.165. The van der Waals surface area contributed by atoms with Crippen LogP contribution in [0.25, 0.3) is 0 Å². The van der Waals surface area contributed by atoms with Crippen LogP contribution in [0.1, 0.15) is 5.56 Å². The normalized spacial score (nSPS) is 26.2. The summed E-state index contributed by atoms with van der Waals surface area (Å²) in [5, 5.41) is 65.0. The van der Waals surface area contributed by atoms with Crippen molar-refractivity contribution in [2.75, 3.05) is 26.2 Å². The molecule has 1 aliphatic rings. The van der Waals surface area contributed by atoms with Gasteiger partial charge in [-0.1, -0.05) is 12.1 Å². The highest BCUT2D eigenvalue weighted by Gasteiger charge is 2.48. The van der Waals surface area contributed by atoms with Crippen molar-refractivity contribution >= 4 is 17.8 Å². The third-order valence-corrected chi connectivity index (χ3v) is 4.84. The van der Waals surface area contributed by atoms with E-state index in [0.717, 1.165) is 0 Å². The number of aliphatic carboxylic acids is 1. The lowest BCUT2D eigenvalue weighted by molar-refractivity contribution is -0.318. The maximum atomic E-state index is 12.6. The van der Waals surface area contributed by atoms with E-state index in [4.69, 9.17) is 9.84 Å². The lowest BCUT2D eigenvalue weighted by atomic mass is 9.96. The maximum Gasteiger partial charge on any atom is 0.322 e. The molecule has 32 heavy (non-hydrogen) atoms. The summed E-state index contributed by atoms with van der Waals surface area (Å²) in [6.45, 7) is -2.08. The van der Waals surface area contributed by atoms with Gasteiger partial charge in [0.2, 0.25) is 17.6 Å². The number of carbonyl (C=O) groups excluding carboxylic acids is 2. The number of hydrogen-bond donors (Lipinski definition) is 9. The molecule has 1 saturated heterocycles. The predicted molar refractivity (Wildman–Crippen MR) is 106 cm³/mol. The molecule has 9 N–H and O–H groups in total. The molecule has 0 saturated carbocycles. The number of phenols is 1. The molecule has 0 radical (unpaired) electrons. The third-order valence-electron chi connectivity index (χ3n) is 4.84. The highest BCUT2D eigenvalue weighted by molar-refractivity contribution is 5.88. The molecular formula is C19H27N3O10. The van der Waals surface area contributed by atoms with Crippen LogP contribution in [0.15, 0.2) is 24.3 Å². The predicted octanol–water partition coefficient (Wildman–Crippen LogP) is -3.99. The Balaban J connectivity index is 2.05. The summed E-state index contributed by atoms with van der Waals surface area (Å²) < 4.78 is 5.06. The Morgan fingerprint density at radius 2 is 1.75 bits per heavy atom. The van der Waals surface area contributed by atoms with E-state index in [9.17, 15) is 39.9 Å². The fraction of sp³-hybridized carbons (Fsp3) is 0.526. The zero-order valence-corrected chi connectivity index (χ0v) is 17.0. The second-order valence-corrected chi connectivity index (χ2v) is 7.35. The largest absolute Gasteiger partial charge is 0.508 e. The monoisotopic (exact) mass is 457 g/mol. The van der Waals surface area contributed by atoms with E-state index in [-0.39, 0.29) is 12.2 Å². The molecule has 0 unspecified atom stereocenters. The van der Waals surface area contributed by atoms with E-state index in [1.807, 2.05) is 0 Å². The molecule has 13 heteroatoms. The summed E-state index contributed by atoms with van der Waals surface area (Å²) in [5.74, 6) is -4.95. The Hall–Kier alpha value is -2.81. The number of carboxylic acids is 1. The van der Waals surface area contributed by atoms with E-state index in [2.05, 4.69) is 16.0 Å². The molecular weight excluding hydrogens is 430 g/mol. The van der Waals surface area contributed by atoms with Crippen LogP contribution in [0.4, 0.5) is 0 Å². The molecule has 5 atom stereocenters. The van der Waals surface area contributed by atoms with E-state index < -0.39 is 74.2 Å². The second-order valence-electron chi connectivity index (χ2n) is 7.35. The summed E-state index contributed by atoms with van der Waals surface area (Å²) in [6.07, 6.45) is -4.89. The van der Waals surface area contributed by atoms with E-state index in [1.54, 1.807) is 12.1 Å². The molecule has 0 aromatic heterocycles. The average molecular weight is 457 g/mol. The SMILES string of the molecule is O=C(O)CNC(=O)CNC(=O)[C@H](Cc1ccc(O)cc1)NC[C@@]1(O)OC[C@@H](O)[C@@H](O)[C@@H]1O. The van der Waals surface area contributed by atoms with Gasteiger partial charge in [0.15, 0.2) is 0 Å². The van der Waals surface area contributed by atoms with Gasteiger partial charge in [-0.05, 0) is 24.1 Å². The van der Waals surface area contributed by atoms with Gasteiger partial charge in [0.05, 0.1) is 25.7 Å². The number of carbonyl (C=O) groups is 3. The molecule has 0 bridgehead atoms. The van der Waals surface area contributed by atoms with Gasteiger partial charge < -0.3 is 51.3 Å². The second kappa shape index (κ2) is 11.2. The van der Waals surface area contributed by atoms with Gasteiger partial charge >= 0.3 is 5.97 Å². The number of aromatic hydroxyl groups is 1. The van der Waals surface area contributed by atoms with Crippen LogP contribution in [0.5, 0.6) is 5.75 Å². The van der Waals surface area contributed by atoms with Crippen molar-refractivity contribution in [1.29, 1.82) is 0 Å². The van der Waals surface area contributed by atoms with Crippen molar-refractivity contribution in [2.24, 2.45) is 0 Å². The van der Waals surface area contributed by atoms with Crippen molar-refractivity contribution in [2.45, 2.75) is 36.6 Å². The molecule has 1 aromatic carbocycles. The standard InChI is InChI=1S/C19H27N3O10/c23-11-3-1-10(2-4-11)5-12(18(30)21-6-14(25)20-7-15(26)27)22-9-19(31)17(29)16(28)13(24)8-32-19/h1-4,12-13,16-17,22-24,28-29,31H,5-9H2,(H,20,25)(H,21,30)(H,26,27)/t12-,13+,16+,17-,19+/m0/s1. The Morgan fingerprint density at radius 1 is 1.09 bits per heavy atom. The van der Waals surface area contributed by atoms with Crippen LogP contribution < -0.4 is 16.0 Å². The molecule has 2 amide bonds. The molecule has 0 spiro atoms. The minimum absolute atomic E-state index is 0.0124. The third kappa shape index (κ3) is 7.12. The first-order valence-electron chi connectivity index (χ1n) is 9.70. The number of nitrogens with one attached hydrogen (secondary N) is 3. The topological polar surface area (TPSA) is 218 Å². The number of phenolic OH excluding ortho intramolecular Hbond substituents is 1. The number of ether oxygens (including phenoxy) is 1. The van der Waals surface area contributed by atoms with Gasteiger partial charge in [0.1, 0.15) is 30.6 Å². The Bertz CT molecular complexity index is 805. The molecule has 1 fully saturated rings. The van der Waals surface area contributed by atoms with Gasteiger partial charge in [-0.15, -0.1) is 0 Å². The maximum absolute atomic E-state index is 12.6. The first-order valence-corrected chi connectivity index (χ1v) is 9.70. The summed E-state index contributed by atoms with van der Waals surface area (Å²) in [6, 6.07) is 4.86.